The lowest BCUT2D eigenvalue weighted by Gasteiger charge is -2.19. The molecule has 0 radical (unpaired) electrons. The van der Waals surface area contributed by atoms with E-state index in [-0.39, 0.29) is 6.04 Å². The summed E-state index contributed by atoms with van der Waals surface area (Å²) in [5.74, 6) is 5.75. The highest BCUT2D eigenvalue weighted by Crippen LogP contribution is 2.28. The van der Waals surface area contributed by atoms with E-state index in [4.69, 9.17) is 5.84 Å². The van der Waals surface area contributed by atoms with Crippen LogP contribution in [0.25, 0.3) is 0 Å². The molecular formula is C14H19BrN4. The molecule has 4 nitrogen and oxygen atoms in total. The number of benzene rings is 1. The second kappa shape index (κ2) is 5.86. The average Bonchev–Trinajstić information content (AvgIpc) is 2.85. The van der Waals surface area contributed by atoms with Crippen LogP contribution in [0, 0.1) is 13.8 Å². The maximum Gasteiger partial charge on any atom is 0.0878 e. The first kappa shape index (κ1) is 14.2. The van der Waals surface area contributed by atoms with Crippen LogP contribution >= 0.6 is 15.9 Å². The summed E-state index contributed by atoms with van der Waals surface area (Å²) in [4.78, 5) is 0. The molecule has 0 spiro atoms. The maximum absolute atomic E-state index is 5.75. The van der Waals surface area contributed by atoms with Crippen molar-refractivity contribution in [1.82, 2.24) is 15.2 Å². The van der Waals surface area contributed by atoms with Gasteiger partial charge in [0.05, 0.1) is 11.7 Å². The molecule has 0 aliphatic rings. The molecule has 2 rings (SSSR count). The predicted molar refractivity (Wildman–Crippen MR) is 80.7 cm³/mol. The predicted octanol–water partition coefficient (Wildman–Crippen LogP) is 2.84. The van der Waals surface area contributed by atoms with E-state index in [1.807, 2.05) is 16.9 Å². The van der Waals surface area contributed by atoms with Gasteiger partial charge in [0.1, 0.15) is 0 Å². The van der Waals surface area contributed by atoms with Crippen molar-refractivity contribution >= 4 is 15.9 Å². The van der Waals surface area contributed by atoms with Crippen molar-refractivity contribution in [3.05, 3.63) is 51.3 Å². The van der Waals surface area contributed by atoms with E-state index in [0.29, 0.717) is 0 Å². The second-order valence-corrected chi connectivity index (χ2v) is 5.43. The molecule has 1 unspecified atom stereocenters. The van der Waals surface area contributed by atoms with Gasteiger partial charge < -0.3 is 0 Å². The first-order chi connectivity index (χ1) is 9.08. The highest BCUT2D eigenvalue weighted by atomic mass is 79.9. The van der Waals surface area contributed by atoms with E-state index in [2.05, 4.69) is 59.4 Å². The van der Waals surface area contributed by atoms with Crippen LogP contribution in [0.3, 0.4) is 0 Å². The molecule has 0 aliphatic heterocycles. The number of hydrazine groups is 1. The van der Waals surface area contributed by atoms with Crippen LogP contribution < -0.4 is 11.3 Å². The minimum Gasteiger partial charge on any atom is -0.271 e. The summed E-state index contributed by atoms with van der Waals surface area (Å²) in [5, 5.41) is 4.30. The third-order valence-corrected chi connectivity index (χ3v) is 4.55. The third kappa shape index (κ3) is 2.73. The van der Waals surface area contributed by atoms with Crippen molar-refractivity contribution in [2.45, 2.75) is 33.4 Å². The summed E-state index contributed by atoms with van der Waals surface area (Å²) in [6, 6.07) is 6.25. The molecule has 1 atom stereocenters. The van der Waals surface area contributed by atoms with Crippen LogP contribution in [0.1, 0.15) is 35.3 Å². The molecule has 19 heavy (non-hydrogen) atoms. The average molecular weight is 323 g/mol. The zero-order valence-electron chi connectivity index (χ0n) is 11.4. The Morgan fingerprint density at radius 1 is 1.37 bits per heavy atom. The molecule has 0 fully saturated rings. The van der Waals surface area contributed by atoms with Crippen molar-refractivity contribution in [3.63, 3.8) is 0 Å². The van der Waals surface area contributed by atoms with E-state index in [9.17, 15) is 0 Å². The normalized spacial score (nSPS) is 12.7. The molecule has 1 aromatic heterocycles. The Morgan fingerprint density at radius 3 is 2.53 bits per heavy atom. The summed E-state index contributed by atoms with van der Waals surface area (Å²) in [6.45, 7) is 7.08. The van der Waals surface area contributed by atoms with Crippen LogP contribution in [-0.4, -0.2) is 9.78 Å². The lowest BCUT2D eigenvalue weighted by Crippen LogP contribution is -2.30. The van der Waals surface area contributed by atoms with Crippen LogP contribution in [-0.2, 0) is 6.54 Å². The molecule has 1 aromatic carbocycles. The monoisotopic (exact) mass is 322 g/mol. The Hall–Kier alpha value is -1.17. The fourth-order valence-electron chi connectivity index (χ4n) is 2.35. The Balaban J connectivity index is 2.48. The molecule has 1 heterocycles. The second-order valence-electron chi connectivity index (χ2n) is 4.64. The van der Waals surface area contributed by atoms with Gasteiger partial charge in [0.25, 0.3) is 0 Å². The van der Waals surface area contributed by atoms with Gasteiger partial charge in [-0.25, -0.2) is 5.43 Å². The van der Waals surface area contributed by atoms with Crippen molar-refractivity contribution in [2.24, 2.45) is 5.84 Å². The van der Waals surface area contributed by atoms with Crippen molar-refractivity contribution in [1.29, 1.82) is 0 Å². The molecule has 0 amide bonds. The summed E-state index contributed by atoms with van der Waals surface area (Å²) in [7, 11) is 0. The van der Waals surface area contributed by atoms with Gasteiger partial charge in [0.2, 0.25) is 0 Å². The largest absolute Gasteiger partial charge is 0.271 e. The van der Waals surface area contributed by atoms with E-state index in [1.54, 1.807) is 0 Å². The quantitative estimate of drug-likeness (QED) is 0.672. The smallest absolute Gasteiger partial charge is 0.0878 e. The minimum atomic E-state index is -0.0482. The van der Waals surface area contributed by atoms with E-state index in [1.165, 1.54) is 11.1 Å². The minimum absolute atomic E-state index is 0.0482. The van der Waals surface area contributed by atoms with Gasteiger partial charge in [0.15, 0.2) is 0 Å². The Kier molecular flexibility index (Phi) is 4.39. The fraction of sp³-hybridized carbons (Fsp3) is 0.357. The van der Waals surface area contributed by atoms with Gasteiger partial charge in [-0.3, -0.25) is 10.5 Å². The SMILES string of the molecule is CCn1nccc1C(NN)c1cc(C)c(Br)c(C)c1. The van der Waals surface area contributed by atoms with E-state index >= 15 is 0 Å². The summed E-state index contributed by atoms with van der Waals surface area (Å²) >= 11 is 3.59. The van der Waals surface area contributed by atoms with Gasteiger partial charge in [-0.2, -0.15) is 5.10 Å². The highest BCUT2D eigenvalue weighted by Gasteiger charge is 2.18. The van der Waals surface area contributed by atoms with Crippen molar-refractivity contribution in [3.8, 4) is 0 Å². The molecule has 2 aromatic rings. The molecule has 0 bridgehead atoms. The number of nitrogens with one attached hydrogen (secondary N) is 1. The molecule has 0 saturated carbocycles. The van der Waals surface area contributed by atoms with Crippen molar-refractivity contribution in [2.75, 3.05) is 0 Å². The van der Waals surface area contributed by atoms with Crippen LogP contribution in [0.2, 0.25) is 0 Å². The summed E-state index contributed by atoms with van der Waals surface area (Å²) in [5.41, 5.74) is 7.53. The number of aromatic nitrogens is 2. The molecule has 102 valence electrons. The first-order valence-corrected chi connectivity index (χ1v) is 7.12. The number of rotatable bonds is 4. The lowest BCUT2D eigenvalue weighted by molar-refractivity contribution is 0.543. The first-order valence-electron chi connectivity index (χ1n) is 6.33. The molecule has 5 heteroatoms. The van der Waals surface area contributed by atoms with Gasteiger partial charge >= 0.3 is 0 Å². The zero-order valence-corrected chi connectivity index (χ0v) is 13.0. The topological polar surface area (TPSA) is 55.9 Å². The van der Waals surface area contributed by atoms with Gasteiger partial charge in [-0.05, 0) is 43.5 Å². The highest BCUT2D eigenvalue weighted by molar-refractivity contribution is 9.10. The Labute approximate surface area is 122 Å². The number of halogens is 1. The van der Waals surface area contributed by atoms with Crippen LogP contribution in [0.4, 0.5) is 0 Å². The maximum atomic E-state index is 5.75. The summed E-state index contributed by atoms with van der Waals surface area (Å²) < 4.78 is 3.10. The Morgan fingerprint density at radius 2 is 2.00 bits per heavy atom. The van der Waals surface area contributed by atoms with E-state index < -0.39 is 0 Å². The summed E-state index contributed by atoms with van der Waals surface area (Å²) in [6.07, 6.45) is 1.81. The Bertz CT molecular complexity index is 554. The number of aryl methyl sites for hydroxylation is 3. The molecule has 0 aliphatic carbocycles. The molecule has 0 saturated heterocycles. The standard InChI is InChI=1S/C14H19BrN4/c1-4-19-12(5-6-17-19)14(18-16)11-7-9(2)13(15)10(3)8-11/h5-8,14,18H,4,16H2,1-3H3. The van der Waals surface area contributed by atoms with Crippen LogP contribution in [0.15, 0.2) is 28.9 Å². The third-order valence-electron chi connectivity index (χ3n) is 3.30. The van der Waals surface area contributed by atoms with Crippen LogP contribution in [0.5, 0.6) is 0 Å². The van der Waals surface area contributed by atoms with Gasteiger partial charge in [0, 0.05) is 17.2 Å². The van der Waals surface area contributed by atoms with Crippen molar-refractivity contribution < 1.29 is 0 Å². The van der Waals surface area contributed by atoms with Gasteiger partial charge in [-0.1, -0.05) is 28.1 Å². The number of hydrogen-bond donors (Lipinski definition) is 2. The number of hydrogen-bond acceptors (Lipinski definition) is 3. The molecule has 3 N–H and O–H groups in total. The number of nitrogens with zero attached hydrogens (tertiary/aromatic N) is 2. The van der Waals surface area contributed by atoms with E-state index in [0.717, 1.165) is 22.3 Å². The van der Waals surface area contributed by atoms with Gasteiger partial charge in [-0.15, -0.1) is 0 Å². The zero-order chi connectivity index (χ0) is 14.0. The molecular weight excluding hydrogens is 304 g/mol. The fourth-order valence-corrected chi connectivity index (χ4v) is 2.58. The lowest BCUT2D eigenvalue weighted by atomic mass is 9.99. The number of nitrogens with two attached hydrogens (primary N) is 1.